The zero-order valence-electron chi connectivity index (χ0n) is 20.1. The molecule has 1 aliphatic heterocycles. The zero-order valence-corrected chi connectivity index (χ0v) is 20.1. The van der Waals surface area contributed by atoms with Crippen molar-refractivity contribution in [2.45, 2.75) is 19.4 Å². The molecule has 2 heterocycles. The third kappa shape index (κ3) is 4.75. The average molecular weight is 482 g/mol. The molecular formula is C28H31N7O. The number of aromatic nitrogens is 1. The number of fused-ring (bicyclic) bond motifs is 2. The third-order valence-electron chi connectivity index (χ3n) is 7.11. The number of amidine groups is 1. The van der Waals surface area contributed by atoms with Crippen molar-refractivity contribution >= 4 is 39.4 Å². The summed E-state index contributed by atoms with van der Waals surface area (Å²) in [5.74, 6) is 0.494. The van der Waals surface area contributed by atoms with E-state index in [1.54, 1.807) is 0 Å². The van der Waals surface area contributed by atoms with Crippen LogP contribution < -0.4 is 16.8 Å². The van der Waals surface area contributed by atoms with Crippen LogP contribution in [0.5, 0.6) is 0 Å². The van der Waals surface area contributed by atoms with Crippen LogP contribution in [0.3, 0.4) is 0 Å². The molecule has 3 aromatic carbocycles. The molecule has 4 aromatic rings. The van der Waals surface area contributed by atoms with E-state index in [2.05, 4.69) is 28.1 Å². The van der Waals surface area contributed by atoms with E-state index < -0.39 is 0 Å². The van der Waals surface area contributed by atoms with E-state index in [1.165, 1.54) is 0 Å². The van der Waals surface area contributed by atoms with Gasteiger partial charge in [0.25, 0.3) is 5.91 Å². The Labute approximate surface area is 209 Å². The predicted molar refractivity (Wildman–Crippen MR) is 145 cm³/mol. The van der Waals surface area contributed by atoms with Crippen LogP contribution in [0.2, 0.25) is 0 Å². The van der Waals surface area contributed by atoms with Crippen LogP contribution in [0.1, 0.15) is 34.3 Å². The van der Waals surface area contributed by atoms with Gasteiger partial charge in [-0.1, -0.05) is 42.5 Å². The van der Waals surface area contributed by atoms with Gasteiger partial charge in [0.2, 0.25) is 0 Å². The van der Waals surface area contributed by atoms with Crippen molar-refractivity contribution in [3.8, 4) is 0 Å². The summed E-state index contributed by atoms with van der Waals surface area (Å²) in [7, 11) is 0. The molecular weight excluding hydrogens is 450 g/mol. The molecule has 0 radical (unpaired) electrons. The fraction of sp³-hybridized carbons (Fsp3) is 0.250. The van der Waals surface area contributed by atoms with E-state index in [1.807, 2.05) is 53.6 Å². The van der Waals surface area contributed by atoms with Gasteiger partial charge in [-0.05, 0) is 53.3 Å². The molecule has 7 N–H and O–H groups in total. The lowest BCUT2D eigenvalue weighted by atomic mass is 9.97. The minimum atomic E-state index is -0.0661. The Balaban J connectivity index is 1.34. The van der Waals surface area contributed by atoms with Gasteiger partial charge in [0, 0.05) is 48.8 Å². The highest BCUT2D eigenvalue weighted by atomic mass is 16.1. The van der Waals surface area contributed by atoms with E-state index in [0.717, 1.165) is 53.2 Å². The number of carbonyl (C=O) groups is 1. The first kappa shape index (κ1) is 23.4. The number of nitrogen functional groups attached to an aromatic ring is 1. The zero-order chi connectivity index (χ0) is 25.2. The Morgan fingerprint density at radius 1 is 0.972 bits per heavy atom. The summed E-state index contributed by atoms with van der Waals surface area (Å²) < 4.78 is 2.12. The van der Waals surface area contributed by atoms with Crippen molar-refractivity contribution in [1.82, 2.24) is 14.8 Å². The third-order valence-corrected chi connectivity index (χ3v) is 7.11. The smallest absolute Gasteiger partial charge is 0.253 e. The first-order chi connectivity index (χ1) is 17.4. The molecule has 0 aliphatic carbocycles. The second-order valence-corrected chi connectivity index (χ2v) is 9.52. The molecule has 0 bridgehead atoms. The number of carbonyl (C=O) groups excluding carboxylic acids is 1. The molecule has 8 nitrogen and oxygen atoms in total. The molecule has 1 saturated heterocycles. The van der Waals surface area contributed by atoms with Crippen LogP contribution in [0.15, 0.2) is 66.9 Å². The number of para-hydroxylation sites is 1. The van der Waals surface area contributed by atoms with Crippen LogP contribution >= 0.6 is 0 Å². The largest absolute Gasteiger partial charge is 0.384 e. The second kappa shape index (κ2) is 9.73. The van der Waals surface area contributed by atoms with Crippen molar-refractivity contribution in [1.29, 1.82) is 10.8 Å². The number of nitrogens with two attached hydrogens (primary N) is 2. The van der Waals surface area contributed by atoms with Gasteiger partial charge in [0.15, 0.2) is 5.96 Å². The molecule has 1 aromatic heterocycles. The van der Waals surface area contributed by atoms with Crippen molar-refractivity contribution in [3.63, 3.8) is 0 Å². The Bertz CT molecular complexity index is 1460. The molecule has 0 unspecified atom stereocenters. The van der Waals surface area contributed by atoms with Crippen LogP contribution in [0.25, 0.3) is 21.7 Å². The summed E-state index contributed by atoms with van der Waals surface area (Å²) >= 11 is 0. The molecule has 8 heteroatoms. The minimum absolute atomic E-state index is 0.0544. The summed E-state index contributed by atoms with van der Waals surface area (Å²) in [5.41, 5.74) is 14.8. The van der Waals surface area contributed by atoms with Crippen LogP contribution in [0.4, 0.5) is 0 Å². The van der Waals surface area contributed by atoms with Crippen molar-refractivity contribution in [2.24, 2.45) is 17.4 Å². The molecule has 1 amide bonds. The normalized spacial score (nSPS) is 14.3. The number of amides is 1. The van der Waals surface area contributed by atoms with Gasteiger partial charge in [-0.25, -0.2) is 0 Å². The lowest BCUT2D eigenvalue weighted by molar-refractivity contribution is 0.0942. The van der Waals surface area contributed by atoms with Gasteiger partial charge in [-0.2, -0.15) is 0 Å². The predicted octanol–water partition coefficient (Wildman–Crippen LogP) is 3.46. The Kier molecular flexibility index (Phi) is 6.33. The van der Waals surface area contributed by atoms with Gasteiger partial charge in [-0.3, -0.25) is 15.6 Å². The number of benzene rings is 3. The van der Waals surface area contributed by atoms with E-state index in [9.17, 15) is 4.79 Å². The van der Waals surface area contributed by atoms with Gasteiger partial charge in [0.1, 0.15) is 5.84 Å². The quantitative estimate of drug-likeness (QED) is 0.213. The summed E-state index contributed by atoms with van der Waals surface area (Å²) in [4.78, 5) is 15.1. The fourth-order valence-electron chi connectivity index (χ4n) is 5.03. The first-order valence-electron chi connectivity index (χ1n) is 12.2. The van der Waals surface area contributed by atoms with Gasteiger partial charge in [0.05, 0.1) is 5.56 Å². The second-order valence-electron chi connectivity index (χ2n) is 9.52. The average Bonchev–Trinajstić information content (AvgIpc) is 3.25. The number of likely N-dealkylation sites (tertiary alicyclic amines) is 1. The lowest BCUT2D eigenvalue weighted by Gasteiger charge is -2.32. The molecule has 1 fully saturated rings. The molecule has 1 aliphatic rings. The monoisotopic (exact) mass is 481 g/mol. The Morgan fingerprint density at radius 2 is 1.72 bits per heavy atom. The maximum atomic E-state index is 13.2. The number of guanidine groups is 1. The van der Waals surface area contributed by atoms with Crippen molar-refractivity contribution < 1.29 is 4.79 Å². The molecule has 0 atom stereocenters. The highest BCUT2D eigenvalue weighted by Gasteiger charge is 2.21. The van der Waals surface area contributed by atoms with Crippen LogP contribution in [-0.4, -0.2) is 46.8 Å². The van der Waals surface area contributed by atoms with Crippen molar-refractivity contribution in [2.75, 3.05) is 19.6 Å². The molecule has 184 valence electrons. The standard InChI is InChI=1S/C28H31N7O/c29-26(30)21-8-7-20-6-5-19(13-22(20)14-21)16-35-17-24(23-3-1-2-4-25(23)35)27(36)33-15-18-9-11-34(12-10-18)28(31)32/h1-8,13-14,17-18H,9-12,15-16H2,(H3,29,30)(H3,31,32)(H,33,36). The first-order valence-corrected chi connectivity index (χ1v) is 12.2. The van der Waals surface area contributed by atoms with Gasteiger partial charge < -0.3 is 26.3 Å². The number of nitrogens with zero attached hydrogens (tertiary/aromatic N) is 2. The van der Waals surface area contributed by atoms with Gasteiger partial charge in [-0.15, -0.1) is 0 Å². The number of piperidine rings is 1. The minimum Gasteiger partial charge on any atom is -0.384 e. The molecule has 5 rings (SSSR count). The number of hydrogen-bond acceptors (Lipinski definition) is 3. The van der Waals surface area contributed by atoms with E-state index >= 15 is 0 Å². The van der Waals surface area contributed by atoms with E-state index in [-0.39, 0.29) is 17.7 Å². The Morgan fingerprint density at radius 3 is 2.47 bits per heavy atom. The maximum absolute atomic E-state index is 13.2. The molecule has 0 saturated carbocycles. The van der Waals surface area contributed by atoms with Crippen LogP contribution in [-0.2, 0) is 6.54 Å². The van der Waals surface area contributed by atoms with E-state index in [4.69, 9.17) is 22.3 Å². The number of rotatable bonds is 6. The van der Waals surface area contributed by atoms with Crippen molar-refractivity contribution in [3.05, 3.63) is 83.6 Å². The Hall–Kier alpha value is -4.33. The molecule has 36 heavy (non-hydrogen) atoms. The maximum Gasteiger partial charge on any atom is 0.253 e. The fourth-order valence-corrected chi connectivity index (χ4v) is 5.03. The van der Waals surface area contributed by atoms with Crippen LogP contribution in [0, 0.1) is 16.7 Å². The summed E-state index contributed by atoms with van der Waals surface area (Å²) in [5, 5.41) is 21.5. The lowest BCUT2D eigenvalue weighted by Crippen LogP contribution is -2.44. The molecule has 0 spiro atoms. The van der Waals surface area contributed by atoms with Gasteiger partial charge >= 0.3 is 0 Å². The summed E-state index contributed by atoms with van der Waals surface area (Å²) in [6.45, 7) is 2.76. The number of nitrogens with one attached hydrogen (secondary N) is 3. The summed E-state index contributed by atoms with van der Waals surface area (Å²) in [6, 6.07) is 20.0. The topological polar surface area (TPSA) is 137 Å². The number of hydrogen-bond donors (Lipinski definition) is 5. The summed E-state index contributed by atoms with van der Waals surface area (Å²) in [6.07, 6.45) is 3.76. The SMILES string of the molecule is N=C(N)c1ccc2ccc(Cn3cc(C(=O)NCC4CCN(C(=N)N)CC4)c4ccccc43)cc2c1. The highest BCUT2D eigenvalue weighted by molar-refractivity contribution is 6.07. The van der Waals surface area contributed by atoms with E-state index in [0.29, 0.717) is 30.1 Å². The highest BCUT2D eigenvalue weighted by Crippen LogP contribution is 2.25.